The number of benzene rings is 2. The third kappa shape index (κ3) is 4.60. The van der Waals surface area contributed by atoms with Gasteiger partial charge in [0.05, 0.1) is 17.1 Å². The van der Waals surface area contributed by atoms with Crippen LogP contribution in [0.25, 0.3) is 0 Å². The van der Waals surface area contributed by atoms with E-state index in [0.29, 0.717) is 25.2 Å². The van der Waals surface area contributed by atoms with Crippen molar-refractivity contribution in [3.05, 3.63) is 65.2 Å². The highest BCUT2D eigenvalue weighted by Crippen LogP contribution is 2.21. The van der Waals surface area contributed by atoms with Crippen molar-refractivity contribution in [2.75, 3.05) is 13.1 Å². The lowest BCUT2D eigenvalue weighted by Gasteiger charge is -2.34. The second-order valence-corrected chi connectivity index (χ2v) is 9.15. The molecule has 2 aromatic carbocycles. The topological polar surface area (TPSA) is 75.7 Å². The first-order valence-corrected chi connectivity index (χ1v) is 10.8. The van der Waals surface area contributed by atoms with E-state index in [4.69, 9.17) is 4.74 Å². The molecule has 1 aliphatic rings. The van der Waals surface area contributed by atoms with E-state index in [2.05, 4.69) is 5.32 Å². The normalized spacial score (nSPS) is 20.7. The third-order valence-corrected chi connectivity index (χ3v) is 6.69. The summed E-state index contributed by atoms with van der Waals surface area (Å²) in [7, 11) is -3.61. The van der Waals surface area contributed by atoms with E-state index < -0.39 is 10.0 Å². The minimum Gasteiger partial charge on any atom is -0.373 e. The minimum atomic E-state index is -3.61. The van der Waals surface area contributed by atoms with Gasteiger partial charge in [-0.1, -0.05) is 24.3 Å². The smallest absolute Gasteiger partial charge is 0.251 e. The first-order chi connectivity index (χ1) is 13.3. The number of ether oxygens (including phenoxy) is 1. The summed E-state index contributed by atoms with van der Waals surface area (Å²) in [5.41, 5.74) is 2.58. The Kier molecular flexibility index (Phi) is 6.17. The standard InChI is InChI=1S/C21H26N2O4S/c1-15-6-4-5-7-19(15)12-22-21(24)18-8-10-20(11-9-18)28(25,26)23-13-16(2)27-17(3)14-23/h4-11,16-17H,12-14H2,1-3H3,(H,22,24)/t16-,17-/m0/s1. The number of rotatable bonds is 5. The van der Waals surface area contributed by atoms with Crippen LogP contribution in [-0.4, -0.2) is 43.9 Å². The first kappa shape index (κ1) is 20.5. The quantitative estimate of drug-likeness (QED) is 0.834. The SMILES string of the molecule is Cc1ccccc1CNC(=O)c1ccc(S(=O)(=O)N2C[C@H](C)O[C@@H](C)C2)cc1. The van der Waals surface area contributed by atoms with Crippen LogP contribution in [0.15, 0.2) is 53.4 Å². The molecule has 0 bridgehead atoms. The van der Waals surface area contributed by atoms with Crippen LogP contribution in [0.4, 0.5) is 0 Å². The maximum atomic E-state index is 12.9. The van der Waals surface area contributed by atoms with E-state index in [-0.39, 0.29) is 23.0 Å². The molecule has 1 amide bonds. The van der Waals surface area contributed by atoms with Gasteiger partial charge in [0.25, 0.3) is 5.91 Å². The van der Waals surface area contributed by atoms with Gasteiger partial charge in [0, 0.05) is 25.2 Å². The van der Waals surface area contributed by atoms with Crippen LogP contribution in [0.2, 0.25) is 0 Å². The highest BCUT2D eigenvalue weighted by Gasteiger charge is 2.32. The molecule has 28 heavy (non-hydrogen) atoms. The van der Waals surface area contributed by atoms with Crippen molar-refractivity contribution in [1.82, 2.24) is 9.62 Å². The van der Waals surface area contributed by atoms with Gasteiger partial charge in [-0.25, -0.2) is 8.42 Å². The van der Waals surface area contributed by atoms with Crippen molar-refractivity contribution in [3.63, 3.8) is 0 Å². The molecule has 0 spiro atoms. The number of morpholine rings is 1. The number of hydrogen-bond donors (Lipinski definition) is 1. The van der Waals surface area contributed by atoms with E-state index in [1.165, 1.54) is 16.4 Å². The summed E-state index contributed by atoms with van der Waals surface area (Å²) < 4.78 is 32.8. The Hall–Kier alpha value is -2.22. The average molecular weight is 403 g/mol. The van der Waals surface area contributed by atoms with Crippen LogP contribution >= 0.6 is 0 Å². The van der Waals surface area contributed by atoms with Gasteiger partial charge in [-0.3, -0.25) is 4.79 Å². The van der Waals surface area contributed by atoms with Crippen molar-refractivity contribution in [1.29, 1.82) is 0 Å². The zero-order valence-corrected chi connectivity index (χ0v) is 17.2. The molecule has 2 aromatic rings. The van der Waals surface area contributed by atoms with Crippen molar-refractivity contribution in [2.24, 2.45) is 0 Å². The molecule has 0 saturated carbocycles. The Labute approximate surface area is 166 Å². The van der Waals surface area contributed by atoms with Crippen LogP contribution < -0.4 is 5.32 Å². The van der Waals surface area contributed by atoms with Gasteiger partial charge in [-0.15, -0.1) is 0 Å². The Morgan fingerprint density at radius 1 is 1.07 bits per heavy atom. The molecule has 1 aliphatic heterocycles. The lowest BCUT2D eigenvalue weighted by molar-refractivity contribution is -0.0440. The van der Waals surface area contributed by atoms with Gasteiger partial charge in [-0.2, -0.15) is 4.31 Å². The summed E-state index contributed by atoms with van der Waals surface area (Å²) in [6.07, 6.45) is -0.296. The molecular formula is C21H26N2O4S. The zero-order chi connectivity index (χ0) is 20.3. The lowest BCUT2D eigenvalue weighted by Crippen LogP contribution is -2.48. The molecule has 1 N–H and O–H groups in total. The van der Waals surface area contributed by atoms with E-state index in [0.717, 1.165) is 11.1 Å². The summed E-state index contributed by atoms with van der Waals surface area (Å²) >= 11 is 0. The number of aryl methyl sites for hydroxylation is 1. The monoisotopic (exact) mass is 402 g/mol. The summed E-state index contributed by atoms with van der Waals surface area (Å²) in [4.78, 5) is 12.6. The summed E-state index contributed by atoms with van der Waals surface area (Å²) in [5.74, 6) is -0.235. The molecule has 7 heteroatoms. The molecule has 0 aliphatic carbocycles. The zero-order valence-electron chi connectivity index (χ0n) is 16.4. The van der Waals surface area contributed by atoms with Crippen LogP contribution in [-0.2, 0) is 21.3 Å². The molecular weight excluding hydrogens is 376 g/mol. The van der Waals surface area contributed by atoms with Gasteiger partial charge >= 0.3 is 0 Å². The number of carbonyl (C=O) groups is 1. The number of nitrogens with one attached hydrogen (secondary N) is 1. The van der Waals surface area contributed by atoms with Gasteiger partial charge < -0.3 is 10.1 Å². The molecule has 2 atom stereocenters. The van der Waals surface area contributed by atoms with Crippen LogP contribution in [0, 0.1) is 6.92 Å². The van der Waals surface area contributed by atoms with Gasteiger partial charge in [0.15, 0.2) is 0 Å². The Balaban J connectivity index is 1.68. The molecule has 0 aromatic heterocycles. The van der Waals surface area contributed by atoms with Crippen LogP contribution in [0.5, 0.6) is 0 Å². The van der Waals surface area contributed by atoms with E-state index >= 15 is 0 Å². The fourth-order valence-electron chi connectivity index (χ4n) is 3.34. The predicted octanol–water partition coefficient (Wildman–Crippen LogP) is 2.72. The summed E-state index contributed by atoms with van der Waals surface area (Å²) in [6.45, 7) is 6.79. The highest BCUT2D eigenvalue weighted by atomic mass is 32.2. The van der Waals surface area contributed by atoms with Crippen molar-refractivity contribution in [3.8, 4) is 0 Å². The fourth-order valence-corrected chi connectivity index (χ4v) is 4.93. The average Bonchev–Trinajstić information content (AvgIpc) is 2.66. The van der Waals surface area contributed by atoms with Crippen LogP contribution in [0.3, 0.4) is 0 Å². The molecule has 6 nitrogen and oxygen atoms in total. The highest BCUT2D eigenvalue weighted by molar-refractivity contribution is 7.89. The largest absolute Gasteiger partial charge is 0.373 e. The third-order valence-electron chi connectivity index (χ3n) is 4.84. The van der Waals surface area contributed by atoms with E-state index in [1.54, 1.807) is 12.1 Å². The van der Waals surface area contributed by atoms with Gasteiger partial charge in [0.2, 0.25) is 10.0 Å². The second-order valence-electron chi connectivity index (χ2n) is 7.21. The van der Waals surface area contributed by atoms with Crippen LogP contribution in [0.1, 0.15) is 35.3 Å². The Morgan fingerprint density at radius 2 is 1.68 bits per heavy atom. The van der Waals surface area contributed by atoms with E-state index in [9.17, 15) is 13.2 Å². The minimum absolute atomic E-state index is 0.148. The van der Waals surface area contributed by atoms with E-state index in [1.807, 2.05) is 45.0 Å². The first-order valence-electron chi connectivity index (χ1n) is 9.36. The Morgan fingerprint density at radius 3 is 2.29 bits per heavy atom. The van der Waals surface area contributed by atoms with Crippen molar-refractivity contribution in [2.45, 2.75) is 44.4 Å². The number of hydrogen-bond acceptors (Lipinski definition) is 4. The van der Waals surface area contributed by atoms with Gasteiger partial charge in [-0.05, 0) is 56.2 Å². The summed E-state index contributed by atoms with van der Waals surface area (Å²) in [5, 5.41) is 2.87. The molecule has 3 rings (SSSR count). The number of nitrogens with zero attached hydrogens (tertiary/aromatic N) is 1. The molecule has 1 saturated heterocycles. The second kappa shape index (κ2) is 8.43. The molecule has 0 radical (unpaired) electrons. The maximum Gasteiger partial charge on any atom is 0.251 e. The lowest BCUT2D eigenvalue weighted by atomic mass is 10.1. The number of amides is 1. The van der Waals surface area contributed by atoms with Gasteiger partial charge in [0.1, 0.15) is 0 Å². The van der Waals surface area contributed by atoms with Crippen molar-refractivity contribution < 1.29 is 17.9 Å². The predicted molar refractivity (Wildman–Crippen MR) is 108 cm³/mol. The fraction of sp³-hybridized carbons (Fsp3) is 0.381. The molecule has 0 unspecified atom stereocenters. The summed E-state index contributed by atoms with van der Waals surface area (Å²) in [6, 6.07) is 13.9. The number of sulfonamides is 1. The molecule has 150 valence electrons. The Bertz CT molecular complexity index is 931. The number of carbonyl (C=O) groups excluding carboxylic acids is 1. The maximum absolute atomic E-state index is 12.9. The molecule has 1 heterocycles. The van der Waals surface area contributed by atoms with Crippen molar-refractivity contribution >= 4 is 15.9 Å². The molecule has 1 fully saturated rings.